The van der Waals surface area contributed by atoms with Crippen molar-refractivity contribution in [2.75, 3.05) is 13.7 Å². The second-order valence-corrected chi connectivity index (χ2v) is 5.01. The molecule has 0 aliphatic carbocycles. The molecule has 0 aromatic heterocycles. The Kier molecular flexibility index (Phi) is 4.95. The van der Waals surface area contributed by atoms with Crippen LogP contribution in [-0.4, -0.2) is 25.7 Å². The number of amides is 1. The highest BCUT2D eigenvalue weighted by atomic mass is 19.1. The molecule has 0 radical (unpaired) electrons. The number of carbonyl (C=O) groups excluding carboxylic acids is 1. The largest absolute Gasteiger partial charge is 0.494 e. The summed E-state index contributed by atoms with van der Waals surface area (Å²) in [6.07, 6.45) is 1.68. The van der Waals surface area contributed by atoms with Crippen LogP contribution >= 0.6 is 0 Å². The molecule has 0 saturated carbocycles. The van der Waals surface area contributed by atoms with Gasteiger partial charge in [0.1, 0.15) is 0 Å². The Morgan fingerprint density at radius 2 is 2.35 bits per heavy atom. The van der Waals surface area contributed by atoms with Gasteiger partial charge in [-0.05, 0) is 37.5 Å². The van der Waals surface area contributed by atoms with E-state index in [2.05, 4.69) is 5.32 Å². The molecule has 1 aromatic carbocycles. The standard InChI is InChI=1S/C15H20FNO3/c1-10-12(4-3-7-20-10)15(18)17-9-11-5-6-14(19-2)13(16)8-11/h5-6,8,10,12H,3-4,7,9H2,1-2H3,(H,17,18). The molecule has 0 bridgehead atoms. The second kappa shape index (κ2) is 6.70. The molecule has 1 aliphatic heterocycles. The number of halogens is 1. The molecule has 1 amide bonds. The quantitative estimate of drug-likeness (QED) is 0.921. The summed E-state index contributed by atoms with van der Waals surface area (Å²) in [5, 5.41) is 2.84. The third-order valence-corrected chi connectivity index (χ3v) is 3.63. The number of hydrogen-bond donors (Lipinski definition) is 1. The van der Waals surface area contributed by atoms with E-state index in [0.717, 1.165) is 12.8 Å². The lowest BCUT2D eigenvalue weighted by Crippen LogP contribution is -2.39. The van der Waals surface area contributed by atoms with Crippen molar-refractivity contribution in [3.8, 4) is 5.75 Å². The summed E-state index contributed by atoms with van der Waals surface area (Å²) >= 11 is 0. The van der Waals surface area contributed by atoms with Crippen molar-refractivity contribution in [3.05, 3.63) is 29.6 Å². The van der Waals surface area contributed by atoms with Gasteiger partial charge in [0.15, 0.2) is 11.6 Å². The molecule has 1 heterocycles. The van der Waals surface area contributed by atoms with Crippen LogP contribution < -0.4 is 10.1 Å². The van der Waals surface area contributed by atoms with Crippen LogP contribution in [0.3, 0.4) is 0 Å². The molecule has 20 heavy (non-hydrogen) atoms. The minimum absolute atomic E-state index is 0.0339. The highest BCUT2D eigenvalue weighted by Gasteiger charge is 2.28. The first-order valence-electron chi connectivity index (χ1n) is 6.83. The van der Waals surface area contributed by atoms with Crippen LogP contribution in [0.4, 0.5) is 4.39 Å². The molecule has 1 N–H and O–H groups in total. The SMILES string of the molecule is COc1ccc(CNC(=O)C2CCCOC2C)cc1F. The number of nitrogens with one attached hydrogen (secondary N) is 1. The van der Waals surface area contributed by atoms with Crippen molar-refractivity contribution in [3.63, 3.8) is 0 Å². The first-order chi connectivity index (χ1) is 9.61. The summed E-state index contributed by atoms with van der Waals surface area (Å²) in [6, 6.07) is 4.67. The molecule has 2 rings (SSSR count). The van der Waals surface area contributed by atoms with Gasteiger partial charge in [0.2, 0.25) is 5.91 Å². The van der Waals surface area contributed by atoms with Crippen molar-refractivity contribution in [1.82, 2.24) is 5.32 Å². The Bertz CT molecular complexity index is 478. The maximum absolute atomic E-state index is 13.5. The molecule has 1 aromatic rings. The maximum atomic E-state index is 13.5. The van der Waals surface area contributed by atoms with Gasteiger partial charge < -0.3 is 14.8 Å². The summed E-state index contributed by atoms with van der Waals surface area (Å²) in [4.78, 5) is 12.1. The highest BCUT2D eigenvalue weighted by Crippen LogP contribution is 2.21. The summed E-state index contributed by atoms with van der Waals surface area (Å²) in [5.74, 6) is -0.372. The number of rotatable bonds is 4. The Hall–Kier alpha value is -1.62. The van der Waals surface area contributed by atoms with Gasteiger partial charge >= 0.3 is 0 Å². The van der Waals surface area contributed by atoms with Crippen LogP contribution in [0.5, 0.6) is 5.75 Å². The Morgan fingerprint density at radius 3 is 3.00 bits per heavy atom. The minimum Gasteiger partial charge on any atom is -0.494 e. The Balaban J connectivity index is 1.91. The average molecular weight is 281 g/mol. The zero-order chi connectivity index (χ0) is 14.5. The zero-order valence-corrected chi connectivity index (χ0v) is 11.8. The summed E-state index contributed by atoms with van der Waals surface area (Å²) in [5.41, 5.74) is 0.709. The molecule has 1 saturated heterocycles. The maximum Gasteiger partial charge on any atom is 0.225 e. The predicted octanol–water partition coefficient (Wildman–Crippen LogP) is 2.27. The minimum atomic E-state index is -0.423. The predicted molar refractivity (Wildman–Crippen MR) is 72.9 cm³/mol. The molecule has 1 fully saturated rings. The van der Waals surface area contributed by atoms with Gasteiger partial charge in [-0.2, -0.15) is 0 Å². The van der Waals surface area contributed by atoms with Gasteiger partial charge in [-0.1, -0.05) is 6.07 Å². The third-order valence-electron chi connectivity index (χ3n) is 3.63. The number of methoxy groups -OCH3 is 1. The molecule has 110 valence electrons. The van der Waals surface area contributed by atoms with Crippen molar-refractivity contribution in [2.24, 2.45) is 5.92 Å². The van der Waals surface area contributed by atoms with Crippen molar-refractivity contribution < 1.29 is 18.7 Å². The van der Waals surface area contributed by atoms with E-state index in [-0.39, 0.29) is 23.7 Å². The lowest BCUT2D eigenvalue weighted by atomic mass is 9.94. The monoisotopic (exact) mass is 281 g/mol. The highest BCUT2D eigenvalue weighted by molar-refractivity contribution is 5.79. The molecule has 1 aliphatic rings. The molecule has 4 nitrogen and oxygen atoms in total. The smallest absolute Gasteiger partial charge is 0.225 e. The number of carbonyl (C=O) groups is 1. The summed E-state index contributed by atoms with van der Waals surface area (Å²) in [6.45, 7) is 2.94. The fraction of sp³-hybridized carbons (Fsp3) is 0.533. The first-order valence-corrected chi connectivity index (χ1v) is 6.83. The number of benzene rings is 1. The Labute approximate surface area is 118 Å². The van der Waals surface area contributed by atoms with E-state index in [4.69, 9.17) is 9.47 Å². The van der Waals surface area contributed by atoms with E-state index < -0.39 is 5.82 Å². The van der Waals surface area contributed by atoms with Gasteiger partial charge in [0, 0.05) is 13.2 Å². The fourth-order valence-corrected chi connectivity index (χ4v) is 2.41. The molecule has 0 spiro atoms. The lowest BCUT2D eigenvalue weighted by molar-refractivity contribution is -0.133. The van der Waals surface area contributed by atoms with Crippen molar-refractivity contribution in [1.29, 1.82) is 0 Å². The van der Waals surface area contributed by atoms with Crippen molar-refractivity contribution in [2.45, 2.75) is 32.4 Å². The van der Waals surface area contributed by atoms with Crippen LogP contribution in [0.25, 0.3) is 0 Å². The van der Waals surface area contributed by atoms with Gasteiger partial charge in [0.05, 0.1) is 19.1 Å². The molecular formula is C15H20FNO3. The van der Waals surface area contributed by atoms with E-state index >= 15 is 0 Å². The van der Waals surface area contributed by atoms with E-state index in [0.29, 0.717) is 18.7 Å². The molecule has 2 atom stereocenters. The third kappa shape index (κ3) is 3.48. The van der Waals surface area contributed by atoms with Gasteiger partial charge in [-0.25, -0.2) is 4.39 Å². The van der Waals surface area contributed by atoms with Crippen LogP contribution in [0, 0.1) is 11.7 Å². The molecular weight excluding hydrogens is 261 g/mol. The van der Waals surface area contributed by atoms with Crippen LogP contribution in [0.1, 0.15) is 25.3 Å². The summed E-state index contributed by atoms with van der Waals surface area (Å²) < 4.78 is 23.9. The normalized spacial score (nSPS) is 22.4. The van der Waals surface area contributed by atoms with Crippen LogP contribution in [0.15, 0.2) is 18.2 Å². The first kappa shape index (κ1) is 14.8. The van der Waals surface area contributed by atoms with Gasteiger partial charge in [0.25, 0.3) is 0 Å². The molecule has 5 heteroatoms. The second-order valence-electron chi connectivity index (χ2n) is 5.01. The van der Waals surface area contributed by atoms with Crippen molar-refractivity contribution >= 4 is 5.91 Å². The topological polar surface area (TPSA) is 47.6 Å². The van der Waals surface area contributed by atoms with E-state index in [1.165, 1.54) is 13.2 Å². The van der Waals surface area contributed by atoms with E-state index in [1.54, 1.807) is 12.1 Å². The number of ether oxygens (including phenoxy) is 2. The van der Waals surface area contributed by atoms with E-state index in [9.17, 15) is 9.18 Å². The lowest BCUT2D eigenvalue weighted by Gasteiger charge is -2.28. The Morgan fingerprint density at radius 1 is 1.55 bits per heavy atom. The van der Waals surface area contributed by atoms with Crippen LogP contribution in [-0.2, 0) is 16.1 Å². The average Bonchev–Trinajstić information content (AvgIpc) is 2.45. The van der Waals surface area contributed by atoms with Crippen LogP contribution in [0.2, 0.25) is 0 Å². The van der Waals surface area contributed by atoms with Gasteiger partial charge in [-0.15, -0.1) is 0 Å². The van der Waals surface area contributed by atoms with Gasteiger partial charge in [-0.3, -0.25) is 4.79 Å². The zero-order valence-electron chi connectivity index (χ0n) is 11.8. The van der Waals surface area contributed by atoms with E-state index in [1.807, 2.05) is 6.92 Å². The fourth-order valence-electron chi connectivity index (χ4n) is 2.41. The molecule has 2 unspecified atom stereocenters. The number of hydrogen-bond acceptors (Lipinski definition) is 3. The summed E-state index contributed by atoms with van der Waals surface area (Å²) in [7, 11) is 1.42.